The topological polar surface area (TPSA) is 35.3 Å². The third-order valence-corrected chi connectivity index (χ3v) is 3.18. The van der Waals surface area contributed by atoms with Crippen LogP contribution in [0.1, 0.15) is 23.9 Å². The molecule has 0 spiro atoms. The lowest BCUT2D eigenvalue weighted by Crippen LogP contribution is -1.92. The number of rotatable bonds is 4. The zero-order valence-electron chi connectivity index (χ0n) is 11.7. The number of nitrogens with zero attached hydrogens (tertiary/aromatic N) is 1. The number of hydrogen-bond acceptors (Lipinski definition) is 3. The fourth-order valence-electron chi connectivity index (χ4n) is 2.20. The molecule has 0 atom stereocenters. The predicted molar refractivity (Wildman–Crippen MR) is 79.2 cm³/mol. The zero-order chi connectivity index (χ0) is 13.9. The van der Waals surface area contributed by atoms with Gasteiger partial charge in [0.2, 0.25) is 0 Å². The van der Waals surface area contributed by atoms with Crippen LogP contribution in [0.4, 0.5) is 0 Å². The van der Waals surface area contributed by atoms with E-state index in [9.17, 15) is 0 Å². The third kappa shape index (κ3) is 2.67. The summed E-state index contributed by atoms with van der Waals surface area (Å²) in [5.74, 6) is 1.64. The van der Waals surface area contributed by atoms with Gasteiger partial charge >= 0.3 is 0 Å². The van der Waals surface area contributed by atoms with Crippen molar-refractivity contribution in [2.75, 3.05) is 6.61 Å². The number of aryl methyl sites for hydroxylation is 1. The SMILES string of the molecule is CCOc1ccc(Cc2nc3ccc(C)cc3o2)cc1. The van der Waals surface area contributed by atoms with Gasteiger partial charge in [-0.2, -0.15) is 0 Å². The zero-order valence-corrected chi connectivity index (χ0v) is 11.7. The number of hydrogen-bond donors (Lipinski definition) is 0. The minimum Gasteiger partial charge on any atom is -0.494 e. The van der Waals surface area contributed by atoms with Gasteiger partial charge in [0, 0.05) is 6.42 Å². The molecule has 0 N–H and O–H groups in total. The first-order chi connectivity index (χ1) is 9.74. The molecule has 0 aliphatic carbocycles. The fourth-order valence-corrected chi connectivity index (χ4v) is 2.20. The smallest absolute Gasteiger partial charge is 0.199 e. The Balaban J connectivity index is 1.81. The molecular formula is C17H17NO2. The van der Waals surface area contributed by atoms with Crippen molar-refractivity contribution in [1.82, 2.24) is 4.98 Å². The highest BCUT2D eigenvalue weighted by Gasteiger charge is 2.07. The largest absolute Gasteiger partial charge is 0.494 e. The van der Waals surface area contributed by atoms with Crippen molar-refractivity contribution in [2.45, 2.75) is 20.3 Å². The number of oxazole rings is 1. The molecular weight excluding hydrogens is 250 g/mol. The number of benzene rings is 2. The maximum atomic E-state index is 5.79. The van der Waals surface area contributed by atoms with Gasteiger partial charge in [-0.15, -0.1) is 0 Å². The number of aromatic nitrogens is 1. The molecule has 0 unspecified atom stereocenters. The summed E-state index contributed by atoms with van der Waals surface area (Å²) in [5, 5.41) is 0. The first-order valence-corrected chi connectivity index (χ1v) is 6.82. The van der Waals surface area contributed by atoms with Gasteiger partial charge < -0.3 is 9.15 Å². The number of fused-ring (bicyclic) bond motifs is 1. The minimum absolute atomic E-state index is 0.684. The van der Waals surface area contributed by atoms with Crippen molar-refractivity contribution >= 4 is 11.1 Å². The second-order valence-electron chi connectivity index (χ2n) is 4.83. The van der Waals surface area contributed by atoms with Crippen molar-refractivity contribution in [3.05, 3.63) is 59.5 Å². The van der Waals surface area contributed by atoms with E-state index in [2.05, 4.69) is 4.98 Å². The summed E-state index contributed by atoms with van der Waals surface area (Å²) in [6.07, 6.45) is 0.695. The normalized spacial score (nSPS) is 10.9. The summed E-state index contributed by atoms with van der Waals surface area (Å²) in [6.45, 7) is 4.71. The number of ether oxygens (including phenoxy) is 1. The van der Waals surface area contributed by atoms with Crippen LogP contribution in [0.3, 0.4) is 0 Å². The van der Waals surface area contributed by atoms with E-state index in [1.165, 1.54) is 5.56 Å². The molecule has 0 fully saturated rings. The quantitative estimate of drug-likeness (QED) is 0.713. The van der Waals surface area contributed by atoms with Crippen LogP contribution < -0.4 is 4.74 Å². The van der Waals surface area contributed by atoms with Crippen LogP contribution in [0.25, 0.3) is 11.1 Å². The molecule has 3 heteroatoms. The Labute approximate surface area is 118 Å². The van der Waals surface area contributed by atoms with Gasteiger partial charge in [-0.3, -0.25) is 0 Å². The summed E-state index contributed by atoms with van der Waals surface area (Å²) in [7, 11) is 0. The van der Waals surface area contributed by atoms with E-state index in [4.69, 9.17) is 9.15 Å². The molecule has 1 aromatic heterocycles. The molecule has 0 saturated carbocycles. The molecule has 0 aliphatic heterocycles. The van der Waals surface area contributed by atoms with Gasteiger partial charge in [0.05, 0.1) is 6.61 Å². The van der Waals surface area contributed by atoms with E-state index in [1.54, 1.807) is 0 Å². The van der Waals surface area contributed by atoms with Gasteiger partial charge in [0.25, 0.3) is 0 Å². The molecule has 0 radical (unpaired) electrons. The fraction of sp³-hybridized carbons (Fsp3) is 0.235. The van der Waals surface area contributed by atoms with Crippen molar-refractivity contribution in [3.63, 3.8) is 0 Å². The van der Waals surface area contributed by atoms with E-state index in [0.717, 1.165) is 28.3 Å². The summed E-state index contributed by atoms with van der Waals surface area (Å²) in [4.78, 5) is 4.51. The Morgan fingerprint density at radius 1 is 1.10 bits per heavy atom. The average Bonchev–Trinajstić information content (AvgIpc) is 2.82. The molecule has 3 rings (SSSR count). The Morgan fingerprint density at radius 3 is 2.65 bits per heavy atom. The minimum atomic E-state index is 0.684. The van der Waals surface area contributed by atoms with Crippen molar-refractivity contribution in [1.29, 1.82) is 0 Å². The molecule has 1 heterocycles. The van der Waals surface area contributed by atoms with Gasteiger partial charge in [-0.1, -0.05) is 18.2 Å². The first-order valence-electron chi connectivity index (χ1n) is 6.82. The van der Waals surface area contributed by atoms with Crippen LogP contribution in [0.15, 0.2) is 46.9 Å². The molecule has 102 valence electrons. The van der Waals surface area contributed by atoms with Crippen LogP contribution in [0.5, 0.6) is 5.75 Å². The summed E-state index contributed by atoms with van der Waals surface area (Å²) in [5.41, 5.74) is 4.11. The Kier molecular flexibility index (Phi) is 3.42. The van der Waals surface area contributed by atoms with E-state index in [-0.39, 0.29) is 0 Å². The van der Waals surface area contributed by atoms with E-state index >= 15 is 0 Å². The molecule has 20 heavy (non-hydrogen) atoms. The summed E-state index contributed by atoms with van der Waals surface area (Å²) < 4.78 is 11.2. The highest BCUT2D eigenvalue weighted by atomic mass is 16.5. The lowest BCUT2D eigenvalue weighted by Gasteiger charge is -2.03. The van der Waals surface area contributed by atoms with E-state index in [0.29, 0.717) is 13.0 Å². The van der Waals surface area contributed by atoms with Gasteiger partial charge in [-0.05, 0) is 49.2 Å². The lowest BCUT2D eigenvalue weighted by molar-refractivity contribution is 0.340. The maximum Gasteiger partial charge on any atom is 0.199 e. The second kappa shape index (κ2) is 5.37. The molecule has 0 aliphatic rings. The Morgan fingerprint density at radius 2 is 1.90 bits per heavy atom. The highest BCUT2D eigenvalue weighted by molar-refractivity contribution is 5.73. The monoisotopic (exact) mass is 267 g/mol. The van der Waals surface area contributed by atoms with Crippen molar-refractivity contribution < 1.29 is 9.15 Å². The van der Waals surface area contributed by atoms with Crippen molar-refractivity contribution in [3.8, 4) is 5.75 Å². The molecule has 0 bridgehead atoms. The summed E-state index contributed by atoms with van der Waals surface area (Å²) >= 11 is 0. The standard InChI is InChI=1S/C17H17NO2/c1-3-19-14-7-5-13(6-8-14)11-17-18-15-9-4-12(2)10-16(15)20-17/h4-10H,3,11H2,1-2H3. The van der Waals surface area contributed by atoms with Gasteiger partial charge in [0.15, 0.2) is 11.5 Å². The Hall–Kier alpha value is -2.29. The van der Waals surface area contributed by atoms with Crippen LogP contribution in [0.2, 0.25) is 0 Å². The van der Waals surface area contributed by atoms with Crippen LogP contribution in [-0.2, 0) is 6.42 Å². The molecule has 3 nitrogen and oxygen atoms in total. The van der Waals surface area contributed by atoms with Crippen LogP contribution in [0, 0.1) is 6.92 Å². The molecule has 2 aromatic carbocycles. The second-order valence-corrected chi connectivity index (χ2v) is 4.83. The highest BCUT2D eigenvalue weighted by Crippen LogP contribution is 2.20. The molecule has 0 amide bonds. The van der Waals surface area contributed by atoms with Crippen LogP contribution in [-0.4, -0.2) is 11.6 Å². The van der Waals surface area contributed by atoms with Crippen molar-refractivity contribution in [2.24, 2.45) is 0 Å². The van der Waals surface area contributed by atoms with Gasteiger partial charge in [-0.25, -0.2) is 4.98 Å². The lowest BCUT2D eigenvalue weighted by atomic mass is 10.1. The average molecular weight is 267 g/mol. The molecule has 3 aromatic rings. The Bertz CT molecular complexity index is 713. The van der Waals surface area contributed by atoms with E-state index in [1.807, 2.05) is 56.3 Å². The van der Waals surface area contributed by atoms with E-state index < -0.39 is 0 Å². The summed E-state index contributed by atoms with van der Waals surface area (Å²) in [6, 6.07) is 14.1. The van der Waals surface area contributed by atoms with Crippen LogP contribution >= 0.6 is 0 Å². The third-order valence-electron chi connectivity index (χ3n) is 3.18. The predicted octanol–water partition coefficient (Wildman–Crippen LogP) is 4.13. The maximum absolute atomic E-state index is 5.79. The van der Waals surface area contributed by atoms with Gasteiger partial charge in [0.1, 0.15) is 11.3 Å². The first kappa shape index (κ1) is 12.7. The molecule has 0 saturated heterocycles.